The first-order valence-corrected chi connectivity index (χ1v) is 7.61. The van der Waals surface area contributed by atoms with Crippen LogP contribution < -0.4 is 5.32 Å². The van der Waals surface area contributed by atoms with Crippen molar-refractivity contribution in [2.45, 2.75) is 44.6 Å². The van der Waals surface area contributed by atoms with E-state index in [0.29, 0.717) is 5.28 Å². The van der Waals surface area contributed by atoms with Crippen molar-refractivity contribution >= 4 is 39.0 Å². The Hall–Kier alpha value is -0.870. The summed E-state index contributed by atoms with van der Waals surface area (Å²) in [6.07, 6.45) is 6.31. The van der Waals surface area contributed by atoms with Crippen LogP contribution in [0.25, 0.3) is 10.2 Å². The van der Waals surface area contributed by atoms with Gasteiger partial charge in [0.1, 0.15) is 10.6 Å². The summed E-state index contributed by atoms with van der Waals surface area (Å²) in [5.41, 5.74) is 0.144. The van der Waals surface area contributed by atoms with Crippen LogP contribution in [0.1, 0.15) is 39.0 Å². The Morgan fingerprint density at radius 3 is 2.83 bits per heavy atom. The average molecular weight is 282 g/mol. The number of hydrogen-bond donors (Lipinski definition) is 1. The molecule has 0 bridgehead atoms. The number of hydrogen-bond acceptors (Lipinski definition) is 4. The second-order valence-electron chi connectivity index (χ2n) is 5.23. The highest BCUT2D eigenvalue weighted by molar-refractivity contribution is 7.16. The summed E-state index contributed by atoms with van der Waals surface area (Å²) in [7, 11) is 0. The molecule has 2 aromatic rings. The van der Waals surface area contributed by atoms with Gasteiger partial charge in [-0.05, 0) is 42.8 Å². The maximum atomic E-state index is 5.99. The third kappa shape index (κ3) is 2.31. The van der Waals surface area contributed by atoms with Gasteiger partial charge in [0.05, 0.1) is 5.39 Å². The van der Waals surface area contributed by atoms with Crippen LogP contribution in [0.3, 0.4) is 0 Å². The molecule has 18 heavy (non-hydrogen) atoms. The van der Waals surface area contributed by atoms with Gasteiger partial charge in [0.25, 0.3) is 0 Å². The molecule has 0 aliphatic heterocycles. The van der Waals surface area contributed by atoms with Gasteiger partial charge in [0.15, 0.2) is 0 Å². The van der Waals surface area contributed by atoms with E-state index in [4.69, 9.17) is 11.6 Å². The zero-order chi connectivity index (χ0) is 12.6. The molecular formula is C13H16ClN3S. The lowest BCUT2D eigenvalue weighted by atomic mass is 9.83. The van der Waals surface area contributed by atoms with Crippen molar-refractivity contribution < 1.29 is 0 Å². The van der Waals surface area contributed by atoms with Gasteiger partial charge in [-0.2, -0.15) is 0 Å². The molecule has 0 saturated heterocycles. The number of nitrogens with one attached hydrogen (secondary N) is 1. The minimum atomic E-state index is 0.144. The Bertz CT molecular complexity index is 560. The third-order valence-corrected chi connectivity index (χ3v) is 4.65. The van der Waals surface area contributed by atoms with E-state index in [9.17, 15) is 0 Å². The predicted molar refractivity (Wildman–Crippen MR) is 77.5 cm³/mol. The van der Waals surface area contributed by atoms with Crippen LogP contribution in [-0.2, 0) is 0 Å². The average Bonchev–Trinajstić information content (AvgIpc) is 2.77. The largest absolute Gasteiger partial charge is 0.364 e. The van der Waals surface area contributed by atoms with Crippen LogP contribution in [0.2, 0.25) is 5.28 Å². The van der Waals surface area contributed by atoms with E-state index in [-0.39, 0.29) is 5.54 Å². The van der Waals surface area contributed by atoms with Crippen LogP contribution in [0, 0.1) is 0 Å². The van der Waals surface area contributed by atoms with Gasteiger partial charge >= 0.3 is 0 Å². The van der Waals surface area contributed by atoms with Gasteiger partial charge in [0, 0.05) is 5.54 Å². The number of rotatable bonds is 2. The standard InChI is InChI=1S/C13H16ClN3S/c1-13(6-3-2-4-7-13)17-10-9-5-8-18-11(9)16-12(14)15-10/h5,8H,2-4,6-7H2,1H3,(H,15,16,17). The molecule has 3 rings (SSSR count). The summed E-state index contributed by atoms with van der Waals surface area (Å²) in [5.74, 6) is 0.885. The first kappa shape index (κ1) is 12.2. The molecule has 0 amide bonds. The number of nitrogens with zero attached hydrogens (tertiary/aromatic N) is 2. The fraction of sp³-hybridized carbons (Fsp3) is 0.538. The highest BCUT2D eigenvalue weighted by Crippen LogP contribution is 2.34. The van der Waals surface area contributed by atoms with Crippen molar-refractivity contribution in [3.8, 4) is 0 Å². The Morgan fingerprint density at radius 2 is 2.06 bits per heavy atom. The summed E-state index contributed by atoms with van der Waals surface area (Å²) in [4.78, 5) is 9.56. The van der Waals surface area contributed by atoms with Gasteiger partial charge in [-0.25, -0.2) is 9.97 Å². The first-order chi connectivity index (χ1) is 8.66. The van der Waals surface area contributed by atoms with Crippen molar-refractivity contribution in [3.05, 3.63) is 16.7 Å². The van der Waals surface area contributed by atoms with Gasteiger partial charge in [-0.3, -0.25) is 0 Å². The molecule has 0 unspecified atom stereocenters. The van der Waals surface area contributed by atoms with E-state index in [1.807, 2.05) is 5.38 Å². The van der Waals surface area contributed by atoms with Crippen LogP contribution >= 0.6 is 22.9 Å². The maximum absolute atomic E-state index is 5.99. The van der Waals surface area contributed by atoms with E-state index in [1.54, 1.807) is 11.3 Å². The van der Waals surface area contributed by atoms with Crippen molar-refractivity contribution in [1.82, 2.24) is 9.97 Å². The molecule has 96 valence electrons. The quantitative estimate of drug-likeness (QED) is 0.825. The van der Waals surface area contributed by atoms with Gasteiger partial charge in [0.2, 0.25) is 5.28 Å². The molecular weight excluding hydrogens is 266 g/mol. The van der Waals surface area contributed by atoms with E-state index in [2.05, 4.69) is 28.3 Å². The molecule has 1 saturated carbocycles. The summed E-state index contributed by atoms with van der Waals surface area (Å²) in [6.45, 7) is 2.28. The summed E-state index contributed by atoms with van der Waals surface area (Å²) >= 11 is 7.59. The highest BCUT2D eigenvalue weighted by atomic mass is 35.5. The molecule has 3 nitrogen and oxygen atoms in total. The Kier molecular flexibility index (Phi) is 3.16. The van der Waals surface area contributed by atoms with Crippen LogP contribution in [0.15, 0.2) is 11.4 Å². The lowest BCUT2D eigenvalue weighted by Crippen LogP contribution is -2.37. The van der Waals surface area contributed by atoms with Crippen molar-refractivity contribution in [2.75, 3.05) is 5.32 Å². The first-order valence-electron chi connectivity index (χ1n) is 6.35. The van der Waals surface area contributed by atoms with Crippen molar-refractivity contribution in [1.29, 1.82) is 0 Å². The summed E-state index contributed by atoms with van der Waals surface area (Å²) in [5, 5.41) is 7.04. The topological polar surface area (TPSA) is 37.8 Å². The van der Waals surface area contributed by atoms with E-state index >= 15 is 0 Å². The summed E-state index contributed by atoms with van der Waals surface area (Å²) in [6, 6.07) is 2.06. The molecule has 2 aromatic heterocycles. The minimum Gasteiger partial charge on any atom is -0.364 e. The second-order valence-corrected chi connectivity index (χ2v) is 6.46. The van der Waals surface area contributed by atoms with Crippen LogP contribution in [0.5, 0.6) is 0 Å². The fourth-order valence-corrected chi connectivity index (χ4v) is 3.65. The molecule has 0 atom stereocenters. The normalized spacial score (nSPS) is 19.0. The maximum Gasteiger partial charge on any atom is 0.225 e. The Balaban J connectivity index is 1.96. The predicted octanol–water partition coefficient (Wildman–Crippen LogP) is 4.48. The molecule has 0 spiro atoms. The van der Waals surface area contributed by atoms with E-state index < -0.39 is 0 Å². The van der Waals surface area contributed by atoms with Crippen molar-refractivity contribution in [3.63, 3.8) is 0 Å². The minimum absolute atomic E-state index is 0.144. The van der Waals surface area contributed by atoms with Crippen LogP contribution in [-0.4, -0.2) is 15.5 Å². The lowest BCUT2D eigenvalue weighted by Gasteiger charge is -2.35. The molecule has 1 fully saturated rings. The van der Waals surface area contributed by atoms with E-state index in [0.717, 1.165) is 16.0 Å². The SMILES string of the molecule is CC1(Nc2nc(Cl)nc3sccc23)CCCCC1. The molecule has 1 aliphatic carbocycles. The number of halogens is 1. The zero-order valence-electron chi connectivity index (χ0n) is 10.4. The smallest absolute Gasteiger partial charge is 0.225 e. The number of fused-ring (bicyclic) bond motifs is 1. The second kappa shape index (κ2) is 4.67. The van der Waals surface area contributed by atoms with Crippen LogP contribution in [0.4, 0.5) is 5.82 Å². The number of aromatic nitrogens is 2. The zero-order valence-corrected chi connectivity index (χ0v) is 11.9. The summed E-state index contributed by atoms with van der Waals surface area (Å²) < 4.78 is 0. The molecule has 2 heterocycles. The van der Waals surface area contributed by atoms with Gasteiger partial charge in [-0.15, -0.1) is 11.3 Å². The molecule has 1 aliphatic rings. The highest BCUT2D eigenvalue weighted by Gasteiger charge is 2.27. The Morgan fingerprint density at radius 1 is 1.28 bits per heavy atom. The monoisotopic (exact) mass is 281 g/mol. The third-order valence-electron chi connectivity index (χ3n) is 3.68. The molecule has 0 radical (unpaired) electrons. The molecule has 5 heteroatoms. The molecule has 1 N–H and O–H groups in total. The number of thiophene rings is 1. The van der Waals surface area contributed by atoms with Gasteiger partial charge in [-0.1, -0.05) is 19.3 Å². The lowest BCUT2D eigenvalue weighted by molar-refractivity contribution is 0.349. The number of anilines is 1. The van der Waals surface area contributed by atoms with Crippen molar-refractivity contribution in [2.24, 2.45) is 0 Å². The van der Waals surface area contributed by atoms with Gasteiger partial charge < -0.3 is 5.32 Å². The molecule has 0 aromatic carbocycles. The Labute approximate surface area is 116 Å². The van der Waals surface area contributed by atoms with E-state index in [1.165, 1.54) is 32.1 Å². The fourth-order valence-electron chi connectivity index (χ4n) is 2.67.